The second kappa shape index (κ2) is 2.58. The fourth-order valence-electron chi connectivity index (χ4n) is 1.84. The number of nitrogens with zero attached hydrogens (tertiary/aromatic N) is 1. The summed E-state index contributed by atoms with van der Waals surface area (Å²) in [6.45, 7) is 4.78. The van der Waals surface area contributed by atoms with Crippen molar-refractivity contribution < 1.29 is 0 Å². The van der Waals surface area contributed by atoms with Crippen LogP contribution in [0.2, 0.25) is 0 Å². The van der Waals surface area contributed by atoms with Crippen LogP contribution in [0.25, 0.3) is 16.6 Å². The first-order chi connectivity index (χ1) is 6.84. The number of hydrogen-bond acceptors (Lipinski definition) is 2. The minimum absolute atomic E-state index is 0.853. The summed E-state index contributed by atoms with van der Waals surface area (Å²) in [5, 5.41) is 4.40. The maximum Gasteiger partial charge on any atom is 0.0912 e. The Morgan fingerprint density at radius 2 is 2.14 bits per heavy atom. The van der Waals surface area contributed by atoms with E-state index in [1.165, 1.54) is 10.9 Å². The molecule has 0 atom stereocenters. The molecule has 0 aliphatic carbocycles. The van der Waals surface area contributed by atoms with E-state index in [1.807, 2.05) is 18.2 Å². The van der Waals surface area contributed by atoms with E-state index in [4.69, 9.17) is 0 Å². The molecule has 1 aliphatic rings. The number of nitrogens with one attached hydrogen (secondary N) is 1. The van der Waals surface area contributed by atoms with Gasteiger partial charge in [-0.1, -0.05) is 24.8 Å². The van der Waals surface area contributed by atoms with Gasteiger partial charge in [-0.25, -0.2) is 4.98 Å². The maximum atomic E-state index is 4.57. The van der Waals surface area contributed by atoms with Gasteiger partial charge >= 0.3 is 0 Å². The van der Waals surface area contributed by atoms with Gasteiger partial charge in [-0.15, -0.1) is 0 Å². The molecule has 0 saturated carbocycles. The first-order valence-electron chi connectivity index (χ1n) is 4.66. The number of aromatic nitrogens is 1. The third-order valence-electron chi connectivity index (χ3n) is 2.58. The Bertz CT molecular complexity index is 529. The summed E-state index contributed by atoms with van der Waals surface area (Å²) >= 11 is 0. The summed E-state index contributed by atoms with van der Waals surface area (Å²) < 4.78 is 0. The average Bonchev–Trinajstić information content (AvgIpc) is 2.57. The molecule has 2 heteroatoms. The minimum Gasteiger partial charge on any atom is -0.380 e. The Balaban J connectivity index is 2.38. The maximum absolute atomic E-state index is 4.57. The molecule has 0 spiro atoms. The Labute approximate surface area is 82.3 Å². The molecule has 14 heavy (non-hydrogen) atoms. The molecule has 0 unspecified atom stereocenters. The first-order valence-corrected chi connectivity index (χ1v) is 4.66. The van der Waals surface area contributed by atoms with Crippen LogP contribution < -0.4 is 5.32 Å². The highest BCUT2D eigenvalue weighted by molar-refractivity contribution is 5.83. The summed E-state index contributed by atoms with van der Waals surface area (Å²) in [6, 6.07) is 10.3. The van der Waals surface area contributed by atoms with Crippen molar-refractivity contribution in [3.8, 4) is 0 Å². The lowest BCUT2D eigenvalue weighted by Gasteiger charge is -2.00. The Kier molecular flexibility index (Phi) is 1.39. The van der Waals surface area contributed by atoms with Crippen molar-refractivity contribution >= 4 is 16.6 Å². The largest absolute Gasteiger partial charge is 0.380 e. The third kappa shape index (κ3) is 0.940. The zero-order valence-electron chi connectivity index (χ0n) is 7.75. The van der Waals surface area contributed by atoms with E-state index < -0.39 is 0 Å². The van der Waals surface area contributed by atoms with Gasteiger partial charge in [0.1, 0.15) is 0 Å². The number of rotatable bonds is 0. The SMILES string of the molecule is C=C1NCc2cc3ccccc3nc21. The first kappa shape index (κ1) is 7.56. The fraction of sp³-hybridized carbons (Fsp3) is 0.0833. The van der Waals surface area contributed by atoms with Crippen molar-refractivity contribution in [3.63, 3.8) is 0 Å². The third-order valence-corrected chi connectivity index (χ3v) is 2.58. The van der Waals surface area contributed by atoms with Gasteiger partial charge in [0.15, 0.2) is 0 Å². The lowest BCUT2D eigenvalue weighted by Crippen LogP contribution is -1.98. The predicted molar refractivity (Wildman–Crippen MR) is 57.6 cm³/mol. The van der Waals surface area contributed by atoms with Crippen molar-refractivity contribution in [1.82, 2.24) is 10.3 Å². The summed E-state index contributed by atoms with van der Waals surface area (Å²) in [5.41, 5.74) is 4.24. The highest BCUT2D eigenvalue weighted by Crippen LogP contribution is 2.24. The standard InChI is InChI=1S/C12H10N2/c1-8-12-10(7-13-8)6-9-4-2-3-5-11(9)14-12/h2-6,13H,1,7H2. The van der Waals surface area contributed by atoms with Crippen molar-refractivity contribution in [1.29, 1.82) is 0 Å². The molecule has 2 nitrogen and oxygen atoms in total. The van der Waals surface area contributed by atoms with Crippen LogP contribution >= 0.6 is 0 Å². The quantitative estimate of drug-likeness (QED) is 0.676. The molecule has 0 bridgehead atoms. The zero-order chi connectivity index (χ0) is 9.54. The molecule has 0 saturated heterocycles. The predicted octanol–water partition coefficient (Wildman–Crippen LogP) is 2.31. The zero-order valence-corrected chi connectivity index (χ0v) is 7.75. The molecule has 1 aliphatic heterocycles. The van der Waals surface area contributed by atoms with E-state index in [0.717, 1.165) is 23.5 Å². The highest BCUT2D eigenvalue weighted by Gasteiger charge is 2.15. The number of pyridine rings is 1. The van der Waals surface area contributed by atoms with E-state index >= 15 is 0 Å². The second-order valence-corrected chi connectivity index (χ2v) is 3.52. The average molecular weight is 182 g/mol. The Morgan fingerprint density at radius 1 is 1.29 bits per heavy atom. The van der Waals surface area contributed by atoms with Gasteiger partial charge in [-0.3, -0.25) is 0 Å². The van der Waals surface area contributed by atoms with Gasteiger partial charge in [-0.05, 0) is 17.7 Å². The Hall–Kier alpha value is -1.83. The van der Waals surface area contributed by atoms with Crippen LogP contribution in [0.5, 0.6) is 0 Å². The van der Waals surface area contributed by atoms with Crippen LogP contribution in [0.15, 0.2) is 36.9 Å². The van der Waals surface area contributed by atoms with E-state index in [-0.39, 0.29) is 0 Å². The summed E-state index contributed by atoms with van der Waals surface area (Å²) in [4.78, 5) is 4.57. The molecule has 2 heterocycles. The molecule has 1 aromatic carbocycles. The van der Waals surface area contributed by atoms with E-state index in [0.29, 0.717) is 0 Å². The summed E-state index contributed by atoms with van der Waals surface area (Å²) in [6.07, 6.45) is 0. The topological polar surface area (TPSA) is 24.9 Å². The van der Waals surface area contributed by atoms with Gasteiger partial charge in [0.25, 0.3) is 0 Å². The van der Waals surface area contributed by atoms with E-state index in [1.54, 1.807) is 0 Å². The second-order valence-electron chi connectivity index (χ2n) is 3.52. The normalized spacial score (nSPS) is 14.1. The van der Waals surface area contributed by atoms with Crippen LogP contribution in [0.4, 0.5) is 0 Å². The minimum atomic E-state index is 0.853. The molecule has 1 N–H and O–H groups in total. The molecular weight excluding hydrogens is 172 g/mol. The van der Waals surface area contributed by atoms with Crippen LogP contribution in [0, 0.1) is 0 Å². The number of fused-ring (bicyclic) bond motifs is 2. The molecular formula is C12H10N2. The molecule has 3 rings (SSSR count). The Morgan fingerprint density at radius 3 is 3.07 bits per heavy atom. The van der Waals surface area contributed by atoms with Gasteiger partial charge in [-0.2, -0.15) is 0 Å². The fourth-order valence-corrected chi connectivity index (χ4v) is 1.84. The van der Waals surface area contributed by atoms with Crippen LogP contribution in [0.1, 0.15) is 11.3 Å². The van der Waals surface area contributed by atoms with Gasteiger partial charge < -0.3 is 5.32 Å². The van der Waals surface area contributed by atoms with Crippen LogP contribution in [0.3, 0.4) is 0 Å². The van der Waals surface area contributed by atoms with E-state index in [2.05, 4.69) is 29.0 Å². The van der Waals surface area contributed by atoms with Crippen LogP contribution in [-0.4, -0.2) is 4.98 Å². The van der Waals surface area contributed by atoms with Gasteiger partial charge in [0, 0.05) is 11.9 Å². The lowest BCUT2D eigenvalue weighted by molar-refractivity contribution is 0.947. The van der Waals surface area contributed by atoms with Crippen LogP contribution in [-0.2, 0) is 6.54 Å². The molecule has 0 radical (unpaired) electrons. The number of hydrogen-bond donors (Lipinski definition) is 1. The number of benzene rings is 1. The number of para-hydroxylation sites is 1. The summed E-state index contributed by atoms with van der Waals surface area (Å²) in [7, 11) is 0. The molecule has 0 amide bonds. The summed E-state index contributed by atoms with van der Waals surface area (Å²) in [5.74, 6) is 0. The van der Waals surface area contributed by atoms with Gasteiger partial charge in [0.2, 0.25) is 0 Å². The van der Waals surface area contributed by atoms with Crippen molar-refractivity contribution in [3.05, 3.63) is 48.2 Å². The van der Waals surface area contributed by atoms with Crippen molar-refractivity contribution in [2.45, 2.75) is 6.54 Å². The molecule has 2 aromatic rings. The van der Waals surface area contributed by atoms with Crippen molar-refractivity contribution in [2.24, 2.45) is 0 Å². The van der Waals surface area contributed by atoms with E-state index in [9.17, 15) is 0 Å². The lowest BCUT2D eigenvalue weighted by atomic mass is 10.1. The smallest absolute Gasteiger partial charge is 0.0912 e. The monoisotopic (exact) mass is 182 g/mol. The molecule has 68 valence electrons. The van der Waals surface area contributed by atoms with Crippen molar-refractivity contribution in [2.75, 3.05) is 0 Å². The molecule has 0 fully saturated rings. The van der Waals surface area contributed by atoms with Gasteiger partial charge in [0.05, 0.1) is 16.9 Å². The highest BCUT2D eigenvalue weighted by atomic mass is 14.9. The molecule has 1 aromatic heterocycles.